The van der Waals surface area contributed by atoms with Crippen LogP contribution in [0.1, 0.15) is 57.7 Å². The molecule has 4 heterocycles. The van der Waals surface area contributed by atoms with E-state index in [0.717, 1.165) is 29.9 Å². The molecule has 0 aliphatic carbocycles. The number of benzene rings is 1. The Kier molecular flexibility index (Phi) is 5.43. The van der Waals surface area contributed by atoms with Crippen LogP contribution in [0.5, 0.6) is 0 Å². The largest absolute Gasteiger partial charge is 0.445 e. The van der Waals surface area contributed by atoms with Gasteiger partial charge in [0.1, 0.15) is 5.76 Å². The van der Waals surface area contributed by atoms with Gasteiger partial charge in [0.05, 0.1) is 28.8 Å². The maximum atomic E-state index is 13.4. The zero-order valence-electron chi connectivity index (χ0n) is 18.0. The first kappa shape index (κ1) is 20.7. The number of carbonyl (C=O) groups is 1. The molecule has 5 rings (SSSR count). The number of hydrogen-bond acceptors (Lipinski definition) is 6. The number of oxazole rings is 1. The van der Waals surface area contributed by atoms with Crippen LogP contribution in [0.15, 0.2) is 45.5 Å². The Balaban J connectivity index is 1.34. The van der Waals surface area contributed by atoms with E-state index in [1.807, 2.05) is 49.1 Å². The molecule has 8 heteroatoms. The lowest BCUT2D eigenvalue weighted by Crippen LogP contribution is -2.39. The number of amides is 1. The summed E-state index contributed by atoms with van der Waals surface area (Å²) in [6, 6.07) is 9.51. The number of aromatic nitrogens is 3. The van der Waals surface area contributed by atoms with Crippen molar-refractivity contribution in [3.63, 3.8) is 0 Å². The molecular weight excluding hydrogens is 428 g/mol. The summed E-state index contributed by atoms with van der Waals surface area (Å²) >= 11 is 5.97. The normalized spacial score (nSPS) is 16.6. The summed E-state index contributed by atoms with van der Waals surface area (Å²) in [5.74, 6) is 1.51. The molecule has 0 saturated carbocycles. The average Bonchev–Trinajstić information content (AvgIpc) is 3.41. The first-order valence-corrected chi connectivity index (χ1v) is 11.1. The molecule has 0 spiro atoms. The molecule has 1 aromatic carbocycles. The predicted molar refractivity (Wildman–Crippen MR) is 120 cm³/mol. The molecule has 1 saturated heterocycles. The lowest BCUT2D eigenvalue weighted by molar-refractivity contribution is 0.0699. The van der Waals surface area contributed by atoms with Crippen LogP contribution in [0, 0.1) is 13.8 Å². The van der Waals surface area contributed by atoms with Crippen molar-refractivity contribution in [3.8, 4) is 0 Å². The molecule has 164 valence electrons. The third kappa shape index (κ3) is 4.00. The zero-order valence-corrected chi connectivity index (χ0v) is 18.7. The van der Waals surface area contributed by atoms with E-state index in [9.17, 15) is 4.79 Å². The predicted octanol–water partition coefficient (Wildman–Crippen LogP) is 5.09. The van der Waals surface area contributed by atoms with Gasteiger partial charge in [0.25, 0.3) is 11.6 Å². The molecule has 0 unspecified atom stereocenters. The Hall–Kier alpha value is -3.19. The fourth-order valence-corrected chi connectivity index (χ4v) is 4.44. The van der Waals surface area contributed by atoms with Crippen LogP contribution in [0.4, 0.5) is 0 Å². The Morgan fingerprint density at radius 3 is 2.88 bits per heavy atom. The number of pyridine rings is 1. The van der Waals surface area contributed by atoms with Crippen LogP contribution in [0.3, 0.4) is 0 Å². The van der Waals surface area contributed by atoms with Gasteiger partial charge in [-0.15, -0.1) is 0 Å². The van der Waals surface area contributed by atoms with E-state index in [1.165, 1.54) is 0 Å². The third-order valence-corrected chi connectivity index (χ3v) is 6.15. The minimum absolute atomic E-state index is 0.0376. The Morgan fingerprint density at radius 1 is 1.25 bits per heavy atom. The van der Waals surface area contributed by atoms with E-state index in [-0.39, 0.29) is 11.8 Å². The molecule has 32 heavy (non-hydrogen) atoms. The second kappa shape index (κ2) is 8.39. The van der Waals surface area contributed by atoms with E-state index in [1.54, 1.807) is 6.20 Å². The number of likely N-dealkylation sites (tertiary alicyclic amines) is 1. The van der Waals surface area contributed by atoms with Crippen LogP contribution < -0.4 is 0 Å². The molecule has 7 nitrogen and oxygen atoms in total. The highest BCUT2D eigenvalue weighted by atomic mass is 35.5. The summed E-state index contributed by atoms with van der Waals surface area (Å²) in [7, 11) is 0. The van der Waals surface area contributed by atoms with Crippen LogP contribution in [0.2, 0.25) is 5.02 Å². The standard InChI is InChI=1S/C24H23ClN4O3/c1-14-10-20(21-15(2)28-32-23(21)27-14)24(30)29-9-3-4-17(13-29)22-26-12-19(31-22)11-16-5-7-18(25)8-6-16/h5-8,10,12,17H,3-4,9,11,13H2,1-2H3/t17-/m0/s1. The summed E-state index contributed by atoms with van der Waals surface area (Å²) in [6.07, 6.45) is 4.25. The summed E-state index contributed by atoms with van der Waals surface area (Å²) in [6.45, 7) is 4.93. The maximum absolute atomic E-state index is 13.4. The van der Waals surface area contributed by atoms with E-state index in [4.69, 9.17) is 20.5 Å². The van der Waals surface area contributed by atoms with Crippen molar-refractivity contribution in [2.24, 2.45) is 0 Å². The van der Waals surface area contributed by atoms with Crippen molar-refractivity contribution in [1.29, 1.82) is 0 Å². The highest BCUT2D eigenvalue weighted by Gasteiger charge is 2.30. The Morgan fingerprint density at radius 2 is 2.06 bits per heavy atom. The fraction of sp³-hybridized carbons (Fsp3) is 0.333. The molecule has 1 atom stereocenters. The van der Waals surface area contributed by atoms with Gasteiger partial charge in [-0.05, 0) is 50.5 Å². The highest BCUT2D eigenvalue weighted by molar-refractivity contribution is 6.30. The number of nitrogens with zero attached hydrogens (tertiary/aromatic N) is 4. The molecule has 1 amide bonds. The first-order valence-electron chi connectivity index (χ1n) is 10.7. The van der Waals surface area contributed by atoms with E-state index >= 15 is 0 Å². The number of halogens is 1. The van der Waals surface area contributed by atoms with Crippen molar-refractivity contribution >= 4 is 28.6 Å². The van der Waals surface area contributed by atoms with Gasteiger partial charge in [-0.2, -0.15) is 0 Å². The second-order valence-electron chi connectivity index (χ2n) is 8.32. The molecule has 0 N–H and O–H groups in total. The van der Waals surface area contributed by atoms with Crippen molar-refractivity contribution in [1.82, 2.24) is 20.0 Å². The highest BCUT2D eigenvalue weighted by Crippen LogP contribution is 2.30. The van der Waals surface area contributed by atoms with E-state index < -0.39 is 0 Å². The lowest BCUT2D eigenvalue weighted by atomic mass is 9.97. The molecule has 1 aliphatic rings. The van der Waals surface area contributed by atoms with E-state index in [2.05, 4.69) is 15.1 Å². The molecule has 4 aromatic rings. The zero-order chi connectivity index (χ0) is 22.2. The van der Waals surface area contributed by atoms with Crippen LogP contribution in [0.25, 0.3) is 11.1 Å². The topological polar surface area (TPSA) is 85.3 Å². The second-order valence-corrected chi connectivity index (χ2v) is 8.75. The van der Waals surface area contributed by atoms with Gasteiger partial charge < -0.3 is 13.8 Å². The van der Waals surface area contributed by atoms with Gasteiger partial charge in [-0.3, -0.25) is 4.79 Å². The number of hydrogen-bond donors (Lipinski definition) is 0. The Labute approximate surface area is 190 Å². The number of piperidine rings is 1. The fourth-order valence-electron chi connectivity index (χ4n) is 4.32. The van der Waals surface area contributed by atoms with Crippen molar-refractivity contribution in [2.75, 3.05) is 13.1 Å². The van der Waals surface area contributed by atoms with Gasteiger partial charge in [-0.1, -0.05) is 28.9 Å². The monoisotopic (exact) mass is 450 g/mol. The van der Waals surface area contributed by atoms with Gasteiger partial charge in [0.2, 0.25) is 0 Å². The van der Waals surface area contributed by atoms with Crippen molar-refractivity contribution < 1.29 is 13.7 Å². The van der Waals surface area contributed by atoms with Crippen LogP contribution in [-0.4, -0.2) is 39.0 Å². The first-order chi connectivity index (χ1) is 15.5. The molecule has 1 aliphatic heterocycles. The number of aryl methyl sites for hydroxylation is 2. The Bertz CT molecular complexity index is 1280. The molecule has 0 bridgehead atoms. The number of fused-ring (bicyclic) bond motifs is 1. The van der Waals surface area contributed by atoms with Crippen LogP contribution in [-0.2, 0) is 6.42 Å². The van der Waals surface area contributed by atoms with Crippen molar-refractivity contribution in [3.05, 3.63) is 75.7 Å². The minimum Gasteiger partial charge on any atom is -0.445 e. The molecule has 3 aromatic heterocycles. The number of rotatable bonds is 4. The smallest absolute Gasteiger partial charge is 0.258 e. The molecule has 1 fully saturated rings. The SMILES string of the molecule is Cc1cc(C(=O)N2CCC[C@H](c3ncc(Cc4ccc(Cl)cc4)o3)C2)c2c(C)noc2n1. The van der Waals surface area contributed by atoms with Gasteiger partial charge >= 0.3 is 0 Å². The third-order valence-electron chi connectivity index (χ3n) is 5.90. The van der Waals surface area contributed by atoms with Gasteiger partial charge in [0.15, 0.2) is 5.89 Å². The number of carbonyl (C=O) groups excluding carboxylic acids is 1. The average molecular weight is 451 g/mol. The quantitative estimate of drug-likeness (QED) is 0.430. The van der Waals surface area contributed by atoms with Crippen LogP contribution >= 0.6 is 11.6 Å². The van der Waals surface area contributed by atoms with Gasteiger partial charge in [0, 0.05) is 30.2 Å². The van der Waals surface area contributed by atoms with E-state index in [0.29, 0.717) is 52.8 Å². The summed E-state index contributed by atoms with van der Waals surface area (Å²) in [4.78, 5) is 24.2. The molecule has 0 radical (unpaired) electrons. The summed E-state index contributed by atoms with van der Waals surface area (Å²) < 4.78 is 11.4. The lowest BCUT2D eigenvalue weighted by Gasteiger charge is -2.31. The maximum Gasteiger partial charge on any atom is 0.258 e. The van der Waals surface area contributed by atoms with Crippen molar-refractivity contribution in [2.45, 2.75) is 39.0 Å². The minimum atomic E-state index is -0.0376. The summed E-state index contributed by atoms with van der Waals surface area (Å²) in [5.41, 5.74) is 3.49. The van der Waals surface area contributed by atoms with Gasteiger partial charge in [-0.25, -0.2) is 9.97 Å². The molecular formula is C24H23ClN4O3. The summed E-state index contributed by atoms with van der Waals surface area (Å²) in [5, 5.41) is 5.38.